The van der Waals surface area contributed by atoms with Crippen molar-refractivity contribution in [2.45, 2.75) is 78.9 Å². The van der Waals surface area contributed by atoms with Crippen LogP contribution in [0.25, 0.3) is 0 Å². The zero-order chi connectivity index (χ0) is 28.7. The molecule has 2 aromatic rings. The molecule has 2 amide bonds. The van der Waals surface area contributed by atoms with Crippen molar-refractivity contribution >= 4 is 27.5 Å². The maximum absolute atomic E-state index is 13.6. The minimum Gasteiger partial charge on any atom is -0.497 e. The molecule has 0 saturated carbocycles. The van der Waals surface area contributed by atoms with E-state index in [9.17, 15) is 18.0 Å². The lowest BCUT2D eigenvalue weighted by atomic mass is 10.0. The van der Waals surface area contributed by atoms with Gasteiger partial charge >= 0.3 is 0 Å². The first kappa shape index (κ1) is 31.1. The molecule has 0 bridgehead atoms. The summed E-state index contributed by atoms with van der Waals surface area (Å²) in [5, 5.41) is 3.00. The van der Waals surface area contributed by atoms with Gasteiger partial charge in [-0.3, -0.25) is 13.9 Å². The van der Waals surface area contributed by atoms with Crippen LogP contribution in [0.3, 0.4) is 0 Å². The van der Waals surface area contributed by atoms with Crippen LogP contribution in [0.15, 0.2) is 42.5 Å². The van der Waals surface area contributed by atoms with Crippen molar-refractivity contribution < 1.29 is 22.7 Å². The normalized spacial score (nSPS) is 12.5. The van der Waals surface area contributed by atoms with Crippen molar-refractivity contribution in [1.29, 1.82) is 0 Å². The lowest BCUT2D eigenvalue weighted by Crippen LogP contribution is -2.53. The lowest BCUT2D eigenvalue weighted by molar-refractivity contribution is -0.142. The second-order valence-corrected chi connectivity index (χ2v) is 12.7. The third kappa shape index (κ3) is 9.35. The number of hydrogen-bond donors (Lipinski definition) is 1. The first-order chi connectivity index (χ1) is 17.6. The van der Waals surface area contributed by atoms with Crippen LogP contribution in [0.1, 0.15) is 63.6 Å². The van der Waals surface area contributed by atoms with E-state index in [-0.39, 0.29) is 31.3 Å². The van der Waals surface area contributed by atoms with Gasteiger partial charge in [-0.1, -0.05) is 25.1 Å². The summed E-state index contributed by atoms with van der Waals surface area (Å²) in [5.74, 6) is 0.237. The monoisotopic (exact) mass is 545 g/mol. The summed E-state index contributed by atoms with van der Waals surface area (Å²) in [6, 6.07) is 12.4. The Labute approximate surface area is 228 Å². The fourth-order valence-electron chi connectivity index (χ4n) is 4.44. The van der Waals surface area contributed by atoms with Gasteiger partial charge < -0.3 is 15.0 Å². The van der Waals surface area contributed by atoms with Gasteiger partial charge in [-0.15, -0.1) is 0 Å². The Morgan fingerprint density at radius 3 is 2.21 bits per heavy atom. The van der Waals surface area contributed by atoms with Crippen molar-refractivity contribution in [1.82, 2.24) is 10.2 Å². The maximum atomic E-state index is 13.6. The number of rotatable bonds is 12. The Balaban J connectivity index is 2.28. The predicted octanol–water partition coefficient (Wildman–Crippen LogP) is 4.58. The molecule has 0 aliphatic rings. The third-order valence-electron chi connectivity index (χ3n) is 6.02. The van der Waals surface area contributed by atoms with E-state index in [0.29, 0.717) is 24.3 Å². The minimum atomic E-state index is -3.55. The van der Waals surface area contributed by atoms with Crippen molar-refractivity contribution in [3.8, 4) is 5.75 Å². The summed E-state index contributed by atoms with van der Waals surface area (Å²) in [5.41, 5.74) is 2.90. The Morgan fingerprint density at radius 1 is 1.05 bits per heavy atom. The molecule has 0 aromatic heterocycles. The molecule has 8 nitrogen and oxygen atoms in total. The fraction of sp³-hybridized carbons (Fsp3) is 0.517. The zero-order valence-electron chi connectivity index (χ0n) is 24.0. The summed E-state index contributed by atoms with van der Waals surface area (Å²) >= 11 is 0. The number of amides is 2. The molecular formula is C29H43N3O5S. The second kappa shape index (κ2) is 13.1. The number of carbonyl (C=O) groups excluding carboxylic acids is 2. The van der Waals surface area contributed by atoms with E-state index in [2.05, 4.69) is 5.32 Å². The number of ether oxygens (including phenoxy) is 1. The number of methoxy groups -OCH3 is 1. The molecule has 0 heterocycles. The summed E-state index contributed by atoms with van der Waals surface area (Å²) in [6.07, 6.45) is 2.02. The quantitative estimate of drug-likeness (QED) is 0.421. The van der Waals surface area contributed by atoms with E-state index in [1.807, 2.05) is 84.0 Å². The van der Waals surface area contributed by atoms with E-state index < -0.39 is 21.6 Å². The standard InChI is InChI=1S/C29H43N3O5S/c1-9-26(28(34)30-29(4,5)6)31(20-23-12-10-13-25(19-23)37-7)27(33)14-11-15-32(38(8,35)36)24-17-21(2)16-22(3)18-24/h10,12-13,16-19,26H,9,11,14-15,20H2,1-8H3,(H,30,34). The number of anilines is 1. The average molecular weight is 546 g/mol. The molecule has 1 unspecified atom stereocenters. The van der Waals surface area contributed by atoms with Crippen molar-refractivity contribution in [3.63, 3.8) is 0 Å². The van der Waals surface area contributed by atoms with Gasteiger partial charge in [0, 0.05) is 25.0 Å². The van der Waals surface area contributed by atoms with Gasteiger partial charge in [0.15, 0.2) is 0 Å². The van der Waals surface area contributed by atoms with Gasteiger partial charge in [0.05, 0.1) is 19.1 Å². The number of carbonyl (C=O) groups is 2. The topological polar surface area (TPSA) is 96.0 Å². The second-order valence-electron chi connectivity index (χ2n) is 10.8. The van der Waals surface area contributed by atoms with Crippen LogP contribution in [0.5, 0.6) is 5.75 Å². The average Bonchev–Trinajstić information content (AvgIpc) is 2.79. The molecule has 0 spiro atoms. The highest BCUT2D eigenvalue weighted by atomic mass is 32.2. The highest BCUT2D eigenvalue weighted by Crippen LogP contribution is 2.23. The van der Waals surface area contributed by atoms with Crippen LogP contribution >= 0.6 is 0 Å². The van der Waals surface area contributed by atoms with E-state index in [4.69, 9.17) is 4.74 Å². The largest absolute Gasteiger partial charge is 0.497 e. The van der Waals surface area contributed by atoms with Gasteiger partial charge in [0.1, 0.15) is 11.8 Å². The first-order valence-electron chi connectivity index (χ1n) is 12.9. The molecule has 9 heteroatoms. The SMILES string of the molecule is CCC(C(=O)NC(C)(C)C)N(Cc1cccc(OC)c1)C(=O)CCCN(c1cc(C)cc(C)c1)S(C)(=O)=O. The van der Waals surface area contributed by atoms with Crippen LogP contribution in [0.2, 0.25) is 0 Å². The summed E-state index contributed by atoms with van der Waals surface area (Å²) in [4.78, 5) is 28.4. The van der Waals surface area contributed by atoms with Crippen molar-refractivity contribution in [2.75, 3.05) is 24.2 Å². The fourth-order valence-corrected chi connectivity index (χ4v) is 5.39. The number of sulfonamides is 1. The van der Waals surface area contributed by atoms with E-state index in [0.717, 1.165) is 16.7 Å². The first-order valence-corrected chi connectivity index (χ1v) is 14.8. The molecule has 2 rings (SSSR count). The molecule has 0 aliphatic carbocycles. The Morgan fingerprint density at radius 2 is 1.68 bits per heavy atom. The molecular weight excluding hydrogens is 502 g/mol. The predicted molar refractivity (Wildman–Crippen MR) is 153 cm³/mol. The molecule has 0 aliphatic heterocycles. The van der Waals surface area contributed by atoms with E-state index in [1.165, 1.54) is 10.6 Å². The van der Waals surface area contributed by atoms with Crippen LogP contribution in [0, 0.1) is 13.8 Å². The van der Waals surface area contributed by atoms with Crippen LogP contribution in [0.4, 0.5) is 5.69 Å². The molecule has 0 fully saturated rings. The van der Waals surface area contributed by atoms with Gasteiger partial charge in [-0.25, -0.2) is 8.42 Å². The molecule has 210 valence electrons. The Kier molecular flexibility index (Phi) is 10.8. The molecule has 2 aromatic carbocycles. The third-order valence-corrected chi connectivity index (χ3v) is 7.21. The summed E-state index contributed by atoms with van der Waals surface area (Å²) < 4.78 is 31.9. The number of aryl methyl sites for hydroxylation is 2. The van der Waals surface area contributed by atoms with Gasteiger partial charge in [-0.2, -0.15) is 0 Å². The number of nitrogens with zero attached hydrogens (tertiary/aromatic N) is 2. The molecule has 0 radical (unpaired) electrons. The molecule has 1 atom stereocenters. The Bertz CT molecular complexity index is 1200. The molecule has 0 saturated heterocycles. The smallest absolute Gasteiger partial charge is 0.243 e. The minimum absolute atomic E-state index is 0.0973. The molecule has 38 heavy (non-hydrogen) atoms. The van der Waals surface area contributed by atoms with Crippen molar-refractivity contribution in [3.05, 3.63) is 59.2 Å². The highest BCUT2D eigenvalue weighted by Gasteiger charge is 2.31. The number of hydrogen-bond acceptors (Lipinski definition) is 5. The zero-order valence-corrected chi connectivity index (χ0v) is 24.8. The van der Waals surface area contributed by atoms with E-state index >= 15 is 0 Å². The van der Waals surface area contributed by atoms with Crippen LogP contribution in [-0.4, -0.2) is 56.6 Å². The van der Waals surface area contributed by atoms with E-state index in [1.54, 1.807) is 12.0 Å². The number of nitrogens with one attached hydrogen (secondary N) is 1. The Hall–Kier alpha value is -3.07. The van der Waals surface area contributed by atoms with Gasteiger partial charge in [-0.05, 0) is 88.4 Å². The van der Waals surface area contributed by atoms with Crippen LogP contribution in [-0.2, 0) is 26.2 Å². The lowest BCUT2D eigenvalue weighted by Gasteiger charge is -2.33. The summed E-state index contributed by atoms with van der Waals surface area (Å²) in [6.45, 7) is 11.8. The van der Waals surface area contributed by atoms with Gasteiger partial charge in [0.25, 0.3) is 0 Å². The highest BCUT2D eigenvalue weighted by molar-refractivity contribution is 7.92. The van der Waals surface area contributed by atoms with Crippen molar-refractivity contribution in [2.24, 2.45) is 0 Å². The maximum Gasteiger partial charge on any atom is 0.243 e. The molecule has 1 N–H and O–H groups in total. The van der Waals surface area contributed by atoms with Gasteiger partial charge in [0.2, 0.25) is 21.8 Å². The summed E-state index contributed by atoms with van der Waals surface area (Å²) in [7, 11) is -1.97. The number of benzene rings is 2. The van der Waals surface area contributed by atoms with Crippen LogP contribution < -0.4 is 14.4 Å².